The predicted octanol–water partition coefficient (Wildman–Crippen LogP) is 5.40. The number of rotatable bonds is 8. The number of nitrogens with one attached hydrogen (secondary N) is 1. The van der Waals surface area contributed by atoms with Crippen molar-refractivity contribution in [1.29, 1.82) is 0 Å². The van der Waals surface area contributed by atoms with Crippen molar-refractivity contribution in [2.45, 2.75) is 59.2 Å². The first-order valence-electron chi connectivity index (χ1n) is 10.2. The fraction of sp³-hybridized carbons (Fsp3) is 0.417. The van der Waals surface area contributed by atoms with Crippen molar-refractivity contribution in [2.75, 3.05) is 6.61 Å². The van der Waals surface area contributed by atoms with E-state index in [1.54, 1.807) is 18.2 Å². The van der Waals surface area contributed by atoms with Crippen LogP contribution < -0.4 is 10.1 Å². The van der Waals surface area contributed by atoms with Gasteiger partial charge in [-0.2, -0.15) is 0 Å². The Balaban J connectivity index is 2.25. The lowest BCUT2D eigenvalue weighted by atomic mass is 10.1. The molecule has 2 rings (SSSR count). The Hall–Kier alpha value is -2.24. The summed E-state index contributed by atoms with van der Waals surface area (Å²) in [5.74, 6) is 0.0990. The van der Waals surface area contributed by atoms with Gasteiger partial charge in [-0.3, -0.25) is 9.59 Å². The van der Waals surface area contributed by atoms with Crippen LogP contribution in [0.5, 0.6) is 5.75 Å². The second-order valence-corrected chi connectivity index (χ2v) is 9.35. The third-order valence-corrected chi connectivity index (χ3v) is 5.34. The van der Waals surface area contributed by atoms with E-state index in [1.165, 1.54) is 4.90 Å². The van der Waals surface area contributed by atoms with Crippen molar-refractivity contribution < 1.29 is 14.3 Å². The van der Waals surface area contributed by atoms with Crippen molar-refractivity contribution >= 4 is 35.0 Å². The quantitative estimate of drug-likeness (QED) is 0.568. The first-order chi connectivity index (χ1) is 14.5. The Labute approximate surface area is 194 Å². The number of nitrogens with zero attached hydrogens (tertiary/aromatic N) is 1. The molecule has 1 atom stereocenters. The Morgan fingerprint density at radius 3 is 2.26 bits per heavy atom. The SMILES string of the molecule is CC[C@H](C(=O)NC(C)(C)C)N(Cc1ccc(Cl)c(Cl)c1)C(=O)COc1ccc(C)cc1. The largest absolute Gasteiger partial charge is 0.484 e. The topological polar surface area (TPSA) is 58.6 Å². The number of hydrogen-bond donors (Lipinski definition) is 1. The third-order valence-electron chi connectivity index (χ3n) is 4.60. The van der Waals surface area contributed by atoms with Gasteiger partial charge in [-0.25, -0.2) is 0 Å². The minimum Gasteiger partial charge on any atom is -0.484 e. The Morgan fingerprint density at radius 1 is 1.06 bits per heavy atom. The van der Waals surface area contributed by atoms with E-state index in [-0.39, 0.29) is 25.0 Å². The molecule has 0 radical (unpaired) electrons. The van der Waals surface area contributed by atoms with Gasteiger partial charge in [-0.1, -0.05) is 53.9 Å². The monoisotopic (exact) mass is 464 g/mol. The molecular weight excluding hydrogens is 435 g/mol. The zero-order chi connectivity index (χ0) is 23.2. The van der Waals surface area contributed by atoms with Crippen LogP contribution >= 0.6 is 23.2 Å². The maximum absolute atomic E-state index is 13.2. The summed E-state index contributed by atoms with van der Waals surface area (Å²) in [4.78, 5) is 27.7. The van der Waals surface area contributed by atoms with Crippen LogP contribution in [-0.2, 0) is 16.1 Å². The van der Waals surface area contributed by atoms with Crippen LogP contribution in [0.4, 0.5) is 0 Å². The molecule has 5 nitrogen and oxygen atoms in total. The second kappa shape index (κ2) is 10.9. The number of ether oxygens (including phenoxy) is 1. The molecule has 0 aliphatic heterocycles. The molecular formula is C24H30Cl2N2O3. The molecule has 0 heterocycles. The first kappa shape index (κ1) is 25.0. The third kappa shape index (κ3) is 7.75. The molecule has 2 aromatic rings. The Bertz CT molecular complexity index is 908. The van der Waals surface area contributed by atoms with E-state index >= 15 is 0 Å². The summed E-state index contributed by atoms with van der Waals surface area (Å²) >= 11 is 12.2. The number of carbonyl (C=O) groups excluding carboxylic acids is 2. The van der Waals surface area contributed by atoms with E-state index in [2.05, 4.69) is 5.32 Å². The number of carbonyl (C=O) groups is 2. The molecule has 168 valence electrons. The van der Waals surface area contributed by atoms with Gasteiger partial charge in [-0.05, 0) is 63.9 Å². The zero-order valence-corrected chi connectivity index (χ0v) is 20.2. The molecule has 0 saturated heterocycles. The number of hydrogen-bond acceptors (Lipinski definition) is 3. The van der Waals surface area contributed by atoms with E-state index < -0.39 is 11.6 Å². The van der Waals surface area contributed by atoms with Crippen LogP contribution in [0.25, 0.3) is 0 Å². The average Bonchev–Trinajstić information content (AvgIpc) is 2.68. The summed E-state index contributed by atoms with van der Waals surface area (Å²) < 4.78 is 5.69. The summed E-state index contributed by atoms with van der Waals surface area (Å²) in [6.45, 7) is 9.61. The highest BCUT2D eigenvalue weighted by molar-refractivity contribution is 6.42. The van der Waals surface area contributed by atoms with Gasteiger partial charge in [0.2, 0.25) is 5.91 Å². The number of benzene rings is 2. The molecule has 0 fully saturated rings. The van der Waals surface area contributed by atoms with Crippen LogP contribution in [0.15, 0.2) is 42.5 Å². The highest BCUT2D eigenvalue weighted by Crippen LogP contribution is 2.24. The van der Waals surface area contributed by atoms with E-state index in [0.717, 1.165) is 11.1 Å². The normalized spacial score (nSPS) is 12.2. The van der Waals surface area contributed by atoms with E-state index in [0.29, 0.717) is 22.2 Å². The lowest BCUT2D eigenvalue weighted by Crippen LogP contribution is -2.54. The molecule has 1 N–H and O–H groups in total. The fourth-order valence-electron chi connectivity index (χ4n) is 3.07. The molecule has 0 aromatic heterocycles. The molecule has 31 heavy (non-hydrogen) atoms. The smallest absolute Gasteiger partial charge is 0.261 e. The van der Waals surface area contributed by atoms with Gasteiger partial charge in [0.05, 0.1) is 10.0 Å². The van der Waals surface area contributed by atoms with Crippen LogP contribution in [0.3, 0.4) is 0 Å². The van der Waals surface area contributed by atoms with Crippen molar-refractivity contribution in [1.82, 2.24) is 10.2 Å². The number of halogens is 2. The molecule has 2 aromatic carbocycles. The maximum Gasteiger partial charge on any atom is 0.261 e. The lowest BCUT2D eigenvalue weighted by Gasteiger charge is -2.33. The first-order valence-corrected chi connectivity index (χ1v) is 11.0. The minimum atomic E-state index is -0.650. The van der Waals surface area contributed by atoms with Crippen molar-refractivity contribution in [3.05, 3.63) is 63.6 Å². The summed E-state index contributed by atoms with van der Waals surface area (Å²) in [5, 5.41) is 3.80. The maximum atomic E-state index is 13.2. The van der Waals surface area contributed by atoms with Crippen LogP contribution in [-0.4, -0.2) is 34.9 Å². The zero-order valence-electron chi connectivity index (χ0n) is 18.7. The van der Waals surface area contributed by atoms with Crippen molar-refractivity contribution in [2.24, 2.45) is 0 Å². The van der Waals surface area contributed by atoms with Gasteiger partial charge >= 0.3 is 0 Å². The van der Waals surface area contributed by atoms with Gasteiger partial charge in [0.25, 0.3) is 5.91 Å². The summed E-state index contributed by atoms with van der Waals surface area (Å²) in [7, 11) is 0. The second-order valence-electron chi connectivity index (χ2n) is 8.54. The molecule has 0 bridgehead atoms. The van der Waals surface area contributed by atoms with Gasteiger partial charge in [0.15, 0.2) is 6.61 Å². The van der Waals surface area contributed by atoms with Crippen molar-refractivity contribution in [3.8, 4) is 5.75 Å². The molecule has 0 aliphatic carbocycles. The van der Waals surface area contributed by atoms with Gasteiger partial charge in [0, 0.05) is 12.1 Å². The molecule has 7 heteroatoms. The Kier molecular flexibility index (Phi) is 8.78. The summed E-state index contributed by atoms with van der Waals surface area (Å²) in [5.41, 5.74) is 1.46. The average molecular weight is 465 g/mol. The number of aryl methyl sites for hydroxylation is 1. The number of amides is 2. The van der Waals surface area contributed by atoms with Crippen LogP contribution in [0, 0.1) is 6.92 Å². The predicted molar refractivity (Wildman–Crippen MR) is 126 cm³/mol. The standard InChI is InChI=1S/C24H30Cl2N2O3/c1-6-21(23(30)27-24(3,4)5)28(14-17-9-12-19(25)20(26)13-17)22(29)15-31-18-10-7-16(2)8-11-18/h7-13,21H,6,14-15H2,1-5H3,(H,27,30)/t21-/m1/s1. The van der Waals surface area contributed by atoms with Gasteiger partial charge in [0.1, 0.15) is 11.8 Å². The lowest BCUT2D eigenvalue weighted by molar-refractivity contribution is -0.143. The fourth-order valence-corrected chi connectivity index (χ4v) is 3.39. The van der Waals surface area contributed by atoms with E-state index in [4.69, 9.17) is 27.9 Å². The Morgan fingerprint density at radius 2 is 1.71 bits per heavy atom. The van der Waals surface area contributed by atoms with E-state index in [9.17, 15) is 9.59 Å². The van der Waals surface area contributed by atoms with Gasteiger partial charge in [-0.15, -0.1) is 0 Å². The molecule has 0 aliphatic rings. The van der Waals surface area contributed by atoms with Gasteiger partial charge < -0.3 is 15.0 Å². The van der Waals surface area contributed by atoms with E-state index in [1.807, 2.05) is 58.9 Å². The summed E-state index contributed by atoms with van der Waals surface area (Å²) in [6, 6.07) is 12.0. The highest BCUT2D eigenvalue weighted by Gasteiger charge is 2.31. The minimum absolute atomic E-state index is 0.177. The molecule has 2 amide bonds. The molecule has 0 unspecified atom stereocenters. The highest BCUT2D eigenvalue weighted by atomic mass is 35.5. The molecule has 0 spiro atoms. The molecule has 0 saturated carbocycles. The summed E-state index contributed by atoms with van der Waals surface area (Å²) in [6.07, 6.45) is 0.458. The van der Waals surface area contributed by atoms with Crippen molar-refractivity contribution in [3.63, 3.8) is 0 Å². The van der Waals surface area contributed by atoms with Crippen LogP contribution in [0.2, 0.25) is 10.0 Å². The van der Waals surface area contributed by atoms with Crippen LogP contribution in [0.1, 0.15) is 45.2 Å².